The monoisotopic (exact) mass is 651 g/mol. The van der Waals surface area contributed by atoms with Gasteiger partial charge in [-0.05, 0) is 56.6 Å². The van der Waals surface area contributed by atoms with E-state index in [1.807, 2.05) is 5.38 Å². The van der Waals surface area contributed by atoms with E-state index < -0.39 is 23.8 Å². The number of carboxylic acid groups (broad SMARTS) is 1. The van der Waals surface area contributed by atoms with Crippen molar-refractivity contribution in [2.24, 2.45) is 16.8 Å². The highest BCUT2D eigenvalue weighted by Gasteiger charge is 2.44. The Morgan fingerprint density at radius 2 is 2.07 bits per heavy atom. The van der Waals surface area contributed by atoms with E-state index in [4.69, 9.17) is 21.3 Å². The number of likely N-dealkylation sites (tertiary alicyclic amines) is 1. The van der Waals surface area contributed by atoms with Gasteiger partial charge in [-0.3, -0.25) is 14.7 Å². The minimum absolute atomic E-state index is 0.0292. The third-order valence-electron chi connectivity index (χ3n) is 8.48. The van der Waals surface area contributed by atoms with Gasteiger partial charge in [0.1, 0.15) is 11.9 Å². The van der Waals surface area contributed by atoms with Gasteiger partial charge >= 0.3 is 11.9 Å². The van der Waals surface area contributed by atoms with Crippen molar-refractivity contribution < 1.29 is 28.6 Å². The molecule has 2 aromatic carbocycles. The summed E-state index contributed by atoms with van der Waals surface area (Å²) in [5.74, 6) is -1.86. The number of hydrogen-bond donors (Lipinski definition) is 2. The fourth-order valence-corrected chi connectivity index (χ4v) is 7.19. The zero-order valence-corrected chi connectivity index (χ0v) is 26.2. The molecule has 3 atom stereocenters. The topological polar surface area (TPSA) is 124 Å². The van der Waals surface area contributed by atoms with Crippen LogP contribution >= 0.6 is 22.9 Å². The first-order valence-electron chi connectivity index (χ1n) is 14.6. The summed E-state index contributed by atoms with van der Waals surface area (Å²) in [5, 5.41) is 15.0. The van der Waals surface area contributed by atoms with E-state index in [9.17, 15) is 23.9 Å². The van der Waals surface area contributed by atoms with Crippen LogP contribution in [0.4, 0.5) is 10.1 Å². The number of halogens is 2. The fourth-order valence-electron chi connectivity index (χ4n) is 6.37. The summed E-state index contributed by atoms with van der Waals surface area (Å²) in [6, 6.07) is 8.47. The zero-order chi connectivity index (χ0) is 31.8. The van der Waals surface area contributed by atoms with Gasteiger partial charge < -0.3 is 20.1 Å². The first-order valence-corrected chi connectivity index (χ1v) is 15.9. The second kappa shape index (κ2) is 12.7. The first-order chi connectivity index (χ1) is 21.7. The number of rotatable bonds is 8. The highest BCUT2D eigenvalue weighted by molar-refractivity contribution is 7.11. The third-order valence-corrected chi connectivity index (χ3v) is 9.66. The number of ether oxygens (including phenoxy) is 1. The Hall–Kier alpha value is -4.13. The van der Waals surface area contributed by atoms with Gasteiger partial charge in [0, 0.05) is 60.0 Å². The molecule has 0 saturated carbocycles. The summed E-state index contributed by atoms with van der Waals surface area (Å²) in [5.41, 5.74) is 2.62. The van der Waals surface area contributed by atoms with E-state index in [0.717, 1.165) is 0 Å². The van der Waals surface area contributed by atoms with Crippen molar-refractivity contribution >= 4 is 52.3 Å². The second-order valence-corrected chi connectivity index (χ2v) is 12.5. The highest BCUT2D eigenvalue weighted by Crippen LogP contribution is 2.39. The first kappa shape index (κ1) is 30.9. The minimum Gasteiger partial charge on any atom is -0.478 e. The van der Waals surface area contributed by atoms with E-state index in [1.165, 1.54) is 29.5 Å². The number of fused-ring (bicyclic) bond motifs is 1. The molecule has 1 aromatic heterocycles. The Bertz CT molecular complexity index is 1730. The van der Waals surface area contributed by atoms with Crippen molar-refractivity contribution in [3.8, 4) is 0 Å². The van der Waals surface area contributed by atoms with Gasteiger partial charge in [-0.25, -0.2) is 19.0 Å². The van der Waals surface area contributed by atoms with Gasteiger partial charge in [0.25, 0.3) is 0 Å². The molecule has 1 amide bonds. The number of nitrogens with zero attached hydrogens (tertiary/aromatic N) is 4. The standard InChI is InChI=1S/C32H31ClFN5O5S/c1-3-44-32(43)25-24(36-28(29-35-10-12-45-29)37-27(25)22-5-4-6-23(34)26(22)33)16-38-11-9-21-18(14-38)15-39(30(21)40)19-7-8-20(31(41)42)17(2)13-19/h4-8,10,12-13,18,21,27H,3,9,11,14-16H2,1-2H3,(H,36,37)(H,41,42)/t18-,21-,27?/m0/s1. The largest absolute Gasteiger partial charge is 0.478 e. The maximum Gasteiger partial charge on any atom is 0.338 e. The van der Waals surface area contributed by atoms with Gasteiger partial charge in [0.05, 0.1) is 22.8 Å². The molecule has 0 bridgehead atoms. The number of aromatic nitrogens is 1. The molecule has 2 saturated heterocycles. The van der Waals surface area contributed by atoms with Crippen molar-refractivity contribution in [3.63, 3.8) is 0 Å². The summed E-state index contributed by atoms with van der Waals surface area (Å²) < 4.78 is 20.1. The lowest BCUT2D eigenvalue weighted by molar-refractivity contribution is -0.139. The Morgan fingerprint density at radius 3 is 2.78 bits per heavy atom. The number of nitrogens with one attached hydrogen (secondary N) is 1. The van der Waals surface area contributed by atoms with Crippen LogP contribution in [0.2, 0.25) is 5.02 Å². The van der Waals surface area contributed by atoms with Gasteiger partial charge in [-0.15, -0.1) is 11.3 Å². The van der Waals surface area contributed by atoms with Crippen molar-refractivity contribution in [2.75, 3.05) is 37.7 Å². The van der Waals surface area contributed by atoms with Gasteiger partial charge in [0.15, 0.2) is 10.8 Å². The van der Waals surface area contributed by atoms with Crippen LogP contribution in [-0.4, -0.2) is 71.5 Å². The van der Waals surface area contributed by atoms with Crippen molar-refractivity contribution in [2.45, 2.75) is 26.3 Å². The number of thiazole rings is 1. The van der Waals surface area contributed by atoms with Crippen LogP contribution in [-0.2, 0) is 14.3 Å². The number of esters is 1. The van der Waals surface area contributed by atoms with Crippen LogP contribution in [0.15, 0.2) is 64.2 Å². The van der Waals surface area contributed by atoms with Gasteiger partial charge in [-0.2, -0.15) is 0 Å². The molecule has 45 heavy (non-hydrogen) atoms. The summed E-state index contributed by atoms with van der Waals surface area (Å²) in [7, 11) is 0. The summed E-state index contributed by atoms with van der Waals surface area (Å²) >= 11 is 7.81. The molecule has 6 rings (SSSR count). The number of hydrogen-bond acceptors (Lipinski definition) is 9. The quantitative estimate of drug-likeness (QED) is 0.332. The Labute approximate surface area is 268 Å². The number of carbonyl (C=O) groups is 3. The molecule has 10 nitrogen and oxygen atoms in total. The van der Waals surface area contributed by atoms with Crippen LogP contribution in [0.3, 0.4) is 0 Å². The van der Waals surface area contributed by atoms with Crippen molar-refractivity contribution in [3.05, 3.63) is 91.8 Å². The molecule has 1 unspecified atom stereocenters. The molecule has 234 valence electrons. The van der Waals surface area contributed by atoms with Crippen molar-refractivity contribution in [1.29, 1.82) is 0 Å². The Balaban J connectivity index is 1.30. The predicted octanol–water partition coefficient (Wildman–Crippen LogP) is 4.84. The van der Waals surface area contributed by atoms with E-state index in [1.54, 1.807) is 43.1 Å². The zero-order valence-electron chi connectivity index (χ0n) is 24.6. The maximum atomic E-state index is 14.6. The summed E-state index contributed by atoms with van der Waals surface area (Å²) in [4.78, 5) is 51.6. The molecule has 4 heterocycles. The molecular formula is C32H31ClFN5O5S. The third kappa shape index (κ3) is 5.97. The molecule has 2 fully saturated rings. The van der Waals surface area contributed by atoms with Crippen LogP contribution in [0.1, 0.15) is 45.9 Å². The number of benzene rings is 2. The average Bonchev–Trinajstić information content (AvgIpc) is 3.66. The number of aliphatic imine (C=N–C) groups is 1. The molecule has 3 aliphatic heterocycles. The maximum absolute atomic E-state index is 14.6. The SMILES string of the molecule is CCOC(=O)C1=C(CN2CC[C@@H]3C(=O)N(c4ccc(C(=O)O)c(C)c4)C[C@@H]3C2)NC(c2nccs2)=NC1c1cccc(F)c1Cl. The molecule has 2 N–H and O–H groups in total. The summed E-state index contributed by atoms with van der Waals surface area (Å²) in [6.45, 7) is 5.60. The molecule has 3 aromatic rings. The minimum atomic E-state index is -1.01. The number of amides is 1. The lowest BCUT2D eigenvalue weighted by atomic mass is 9.88. The predicted molar refractivity (Wildman–Crippen MR) is 168 cm³/mol. The second-order valence-electron chi connectivity index (χ2n) is 11.2. The van der Waals surface area contributed by atoms with E-state index in [0.29, 0.717) is 66.0 Å². The normalized spacial score (nSPS) is 21.8. The Kier molecular flexibility index (Phi) is 8.71. The van der Waals surface area contributed by atoms with Crippen LogP contribution in [0.5, 0.6) is 0 Å². The summed E-state index contributed by atoms with van der Waals surface area (Å²) in [6.07, 6.45) is 2.28. The number of piperidine rings is 1. The Morgan fingerprint density at radius 1 is 1.24 bits per heavy atom. The van der Waals surface area contributed by atoms with E-state index >= 15 is 0 Å². The number of amidine groups is 1. The van der Waals surface area contributed by atoms with Crippen molar-refractivity contribution in [1.82, 2.24) is 15.2 Å². The van der Waals surface area contributed by atoms with Gasteiger partial charge in [-0.1, -0.05) is 23.7 Å². The molecule has 0 aliphatic carbocycles. The average molecular weight is 652 g/mol. The smallest absolute Gasteiger partial charge is 0.338 e. The number of anilines is 1. The van der Waals surface area contributed by atoms with Crippen LogP contribution < -0.4 is 10.2 Å². The van der Waals surface area contributed by atoms with Crippen LogP contribution in [0, 0.1) is 24.6 Å². The molecule has 13 heteroatoms. The number of aromatic carboxylic acids is 1. The van der Waals surface area contributed by atoms with Crippen LogP contribution in [0.25, 0.3) is 0 Å². The molecular weight excluding hydrogens is 621 g/mol. The molecule has 0 radical (unpaired) electrons. The number of aryl methyl sites for hydroxylation is 1. The van der Waals surface area contributed by atoms with E-state index in [-0.39, 0.29) is 40.5 Å². The highest BCUT2D eigenvalue weighted by atomic mass is 35.5. The molecule has 3 aliphatic rings. The van der Waals surface area contributed by atoms with E-state index in [2.05, 4.69) is 15.2 Å². The lowest BCUT2D eigenvalue weighted by Gasteiger charge is -2.36. The van der Waals surface area contributed by atoms with Gasteiger partial charge in [0.2, 0.25) is 5.91 Å². The molecule has 0 spiro atoms. The fraction of sp³-hybridized carbons (Fsp3) is 0.344. The number of carboxylic acids is 1. The number of carbonyl (C=O) groups excluding carboxylic acids is 2. The lowest BCUT2D eigenvalue weighted by Crippen LogP contribution is -2.45.